The molecule has 3 rings (SSSR count). The van der Waals surface area contributed by atoms with Crippen molar-refractivity contribution in [1.82, 2.24) is 10.3 Å². The number of hydrogen-bond acceptors (Lipinski definition) is 4. The van der Waals surface area contributed by atoms with Crippen LogP contribution in [0.1, 0.15) is 73.5 Å². The van der Waals surface area contributed by atoms with Gasteiger partial charge in [0.1, 0.15) is 5.75 Å². The lowest BCUT2D eigenvalue weighted by Crippen LogP contribution is -2.26. The molecule has 2 unspecified atom stereocenters. The van der Waals surface area contributed by atoms with Gasteiger partial charge in [0.05, 0.1) is 5.56 Å². The van der Waals surface area contributed by atoms with Crippen molar-refractivity contribution in [1.29, 1.82) is 0 Å². The molecule has 5 nitrogen and oxygen atoms in total. The van der Waals surface area contributed by atoms with Gasteiger partial charge < -0.3 is 15.8 Å². The minimum atomic E-state index is -0.491. The number of aryl methyl sites for hydroxylation is 1. The third kappa shape index (κ3) is 5.10. The first-order valence-electron chi connectivity index (χ1n) is 10.4. The number of carbonyl (C=O) groups is 1. The maximum Gasteiger partial charge on any atom is 0.250 e. The van der Waals surface area contributed by atoms with E-state index in [9.17, 15) is 4.79 Å². The lowest BCUT2D eigenvalue weighted by molar-refractivity contribution is 0.1000. The van der Waals surface area contributed by atoms with Gasteiger partial charge in [0.15, 0.2) is 0 Å². The Hall–Kier alpha value is -2.40. The number of primary amides is 1. The molecule has 0 radical (unpaired) electrons. The number of unbranched alkanes of at least 4 members (excludes halogenated alkanes) is 1. The van der Waals surface area contributed by atoms with Gasteiger partial charge in [0.25, 0.3) is 0 Å². The predicted octanol–water partition coefficient (Wildman–Crippen LogP) is 4.77. The number of nitrogens with one attached hydrogen (secondary N) is 1. The van der Waals surface area contributed by atoms with E-state index in [2.05, 4.69) is 36.3 Å². The van der Waals surface area contributed by atoms with Gasteiger partial charge in [-0.3, -0.25) is 4.79 Å². The number of aromatic nitrogens is 1. The van der Waals surface area contributed by atoms with Crippen LogP contribution in [0.5, 0.6) is 11.6 Å². The van der Waals surface area contributed by atoms with E-state index in [1.54, 1.807) is 12.1 Å². The third-order valence-corrected chi connectivity index (χ3v) is 5.63. The number of rotatable bonds is 10. The molecule has 1 amide bonds. The highest BCUT2D eigenvalue weighted by atomic mass is 16.5. The number of fused-ring (bicyclic) bond motifs is 1. The Morgan fingerprint density at radius 1 is 1.32 bits per heavy atom. The summed E-state index contributed by atoms with van der Waals surface area (Å²) in [5, 5.41) is 3.79. The van der Waals surface area contributed by atoms with Crippen molar-refractivity contribution in [3.8, 4) is 11.6 Å². The number of nitrogens with two attached hydrogens (primary N) is 1. The van der Waals surface area contributed by atoms with E-state index in [4.69, 9.17) is 10.5 Å². The summed E-state index contributed by atoms with van der Waals surface area (Å²) in [4.78, 5) is 15.3. The van der Waals surface area contributed by atoms with E-state index < -0.39 is 5.91 Å². The SMILES string of the molecule is CCCCC(CC)CNC1CCc2cc(Oc3ccc(C(N)=O)cn3)ccc21. The number of nitrogens with zero attached hydrogens (tertiary/aromatic N) is 1. The zero-order chi connectivity index (χ0) is 19.9. The van der Waals surface area contributed by atoms with Gasteiger partial charge in [-0.15, -0.1) is 0 Å². The lowest BCUT2D eigenvalue weighted by Gasteiger charge is -2.20. The van der Waals surface area contributed by atoms with Gasteiger partial charge >= 0.3 is 0 Å². The number of hydrogen-bond donors (Lipinski definition) is 2. The summed E-state index contributed by atoms with van der Waals surface area (Å²) in [6.45, 7) is 5.64. The Labute approximate surface area is 167 Å². The summed E-state index contributed by atoms with van der Waals surface area (Å²) in [5.74, 6) is 1.50. The van der Waals surface area contributed by atoms with Gasteiger partial charge in [-0.25, -0.2) is 4.98 Å². The van der Waals surface area contributed by atoms with Crippen LogP contribution in [0, 0.1) is 5.92 Å². The van der Waals surface area contributed by atoms with Crippen LogP contribution < -0.4 is 15.8 Å². The summed E-state index contributed by atoms with van der Waals surface area (Å²) < 4.78 is 5.85. The van der Waals surface area contributed by atoms with Crippen LogP contribution in [-0.2, 0) is 6.42 Å². The van der Waals surface area contributed by atoms with E-state index in [1.165, 1.54) is 43.0 Å². The molecule has 1 heterocycles. The minimum absolute atomic E-state index is 0.375. The molecule has 0 spiro atoms. The quantitative estimate of drug-likeness (QED) is 0.622. The molecule has 2 atom stereocenters. The van der Waals surface area contributed by atoms with Crippen molar-refractivity contribution in [2.75, 3.05) is 6.54 Å². The van der Waals surface area contributed by atoms with Crippen molar-refractivity contribution >= 4 is 5.91 Å². The van der Waals surface area contributed by atoms with Crippen molar-refractivity contribution in [2.45, 2.75) is 58.4 Å². The Bertz CT molecular complexity index is 789. The second-order valence-corrected chi connectivity index (χ2v) is 7.63. The van der Waals surface area contributed by atoms with Gasteiger partial charge in [0, 0.05) is 18.3 Å². The molecular formula is C23H31N3O2. The highest BCUT2D eigenvalue weighted by Crippen LogP contribution is 2.34. The lowest BCUT2D eigenvalue weighted by atomic mass is 9.98. The molecular weight excluding hydrogens is 350 g/mol. The molecule has 1 aliphatic rings. The van der Waals surface area contributed by atoms with E-state index >= 15 is 0 Å². The van der Waals surface area contributed by atoms with Crippen LogP contribution in [0.3, 0.4) is 0 Å². The summed E-state index contributed by atoms with van der Waals surface area (Å²) in [6.07, 6.45) is 8.77. The van der Waals surface area contributed by atoms with Crippen LogP contribution in [0.4, 0.5) is 0 Å². The number of ether oxygens (including phenoxy) is 1. The molecule has 0 aliphatic heterocycles. The molecule has 28 heavy (non-hydrogen) atoms. The molecule has 1 aromatic carbocycles. The standard InChI is InChI=1S/C23H31N3O2/c1-3-5-6-16(4-2)14-25-21-11-7-17-13-19(9-10-20(17)21)28-22-12-8-18(15-26-22)23(24)27/h8-10,12-13,15-16,21,25H,3-7,11,14H2,1-2H3,(H2,24,27). The Morgan fingerprint density at radius 3 is 2.86 bits per heavy atom. The first-order chi connectivity index (χ1) is 13.6. The fourth-order valence-electron chi connectivity index (χ4n) is 3.83. The first kappa shape index (κ1) is 20.3. The zero-order valence-corrected chi connectivity index (χ0v) is 16.9. The Balaban J connectivity index is 1.60. The molecule has 0 fully saturated rings. The number of pyridine rings is 1. The van der Waals surface area contributed by atoms with Crippen LogP contribution in [-0.4, -0.2) is 17.4 Å². The highest BCUT2D eigenvalue weighted by Gasteiger charge is 2.23. The molecule has 0 saturated heterocycles. The fraction of sp³-hybridized carbons (Fsp3) is 0.478. The number of carbonyl (C=O) groups excluding carboxylic acids is 1. The largest absolute Gasteiger partial charge is 0.439 e. The summed E-state index contributed by atoms with van der Waals surface area (Å²) in [6, 6.07) is 10.00. The van der Waals surface area contributed by atoms with E-state index in [-0.39, 0.29) is 0 Å². The van der Waals surface area contributed by atoms with E-state index in [0.29, 0.717) is 17.5 Å². The average molecular weight is 382 g/mol. The zero-order valence-electron chi connectivity index (χ0n) is 16.9. The minimum Gasteiger partial charge on any atom is -0.439 e. The number of amides is 1. The maximum atomic E-state index is 11.1. The van der Waals surface area contributed by atoms with Crippen molar-refractivity contribution in [2.24, 2.45) is 11.7 Å². The van der Waals surface area contributed by atoms with E-state index in [0.717, 1.165) is 31.1 Å². The second-order valence-electron chi connectivity index (χ2n) is 7.63. The molecule has 2 aromatic rings. The summed E-state index contributed by atoms with van der Waals surface area (Å²) in [7, 11) is 0. The molecule has 1 aliphatic carbocycles. The summed E-state index contributed by atoms with van der Waals surface area (Å²) in [5.41, 5.74) is 8.34. The second kappa shape index (κ2) is 9.69. The molecule has 0 bridgehead atoms. The monoisotopic (exact) mass is 381 g/mol. The van der Waals surface area contributed by atoms with E-state index in [1.807, 2.05) is 6.07 Å². The average Bonchev–Trinajstić information content (AvgIpc) is 3.11. The topological polar surface area (TPSA) is 77.2 Å². The van der Waals surface area contributed by atoms with Gasteiger partial charge in [0.2, 0.25) is 11.8 Å². The molecule has 150 valence electrons. The third-order valence-electron chi connectivity index (χ3n) is 5.63. The van der Waals surface area contributed by atoms with Crippen molar-refractivity contribution in [3.63, 3.8) is 0 Å². The predicted molar refractivity (Wildman–Crippen MR) is 112 cm³/mol. The highest BCUT2D eigenvalue weighted by molar-refractivity contribution is 5.92. The van der Waals surface area contributed by atoms with Crippen molar-refractivity contribution < 1.29 is 9.53 Å². The first-order valence-corrected chi connectivity index (χ1v) is 10.4. The van der Waals surface area contributed by atoms with Crippen LogP contribution in [0.15, 0.2) is 36.5 Å². The maximum absolute atomic E-state index is 11.1. The van der Waals surface area contributed by atoms with Crippen molar-refractivity contribution in [3.05, 3.63) is 53.2 Å². The molecule has 5 heteroatoms. The van der Waals surface area contributed by atoms with Crippen LogP contribution >= 0.6 is 0 Å². The van der Waals surface area contributed by atoms with Crippen LogP contribution in [0.2, 0.25) is 0 Å². The molecule has 1 aromatic heterocycles. The summed E-state index contributed by atoms with van der Waals surface area (Å²) >= 11 is 0. The molecule has 0 saturated carbocycles. The van der Waals surface area contributed by atoms with Crippen LogP contribution in [0.25, 0.3) is 0 Å². The van der Waals surface area contributed by atoms with Gasteiger partial charge in [-0.05, 0) is 61.1 Å². The van der Waals surface area contributed by atoms with Gasteiger partial charge in [-0.1, -0.05) is 39.2 Å². The normalized spacial score (nSPS) is 16.6. The number of benzene rings is 1. The van der Waals surface area contributed by atoms with Gasteiger partial charge in [-0.2, -0.15) is 0 Å². The Kier molecular flexibility index (Phi) is 7.04. The molecule has 3 N–H and O–H groups in total. The fourth-order valence-corrected chi connectivity index (χ4v) is 3.83. The smallest absolute Gasteiger partial charge is 0.250 e. The Morgan fingerprint density at radius 2 is 2.18 bits per heavy atom.